The summed E-state index contributed by atoms with van der Waals surface area (Å²) in [6, 6.07) is 0.235. The minimum absolute atomic E-state index is 0.0593. The standard InChI is InChI=1S/C15H30N2O2S/c1-4-20-13-8-6-5-7-12(13)17-14(19)16-11-15(2,3)9-10-18/h12-13,18H,4-11H2,1-3H3,(H2,16,17,19). The lowest BCUT2D eigenvalue weighted by molar-refractivity contribution is 0.199. The summed E-state index contributed by atoms with van der Waals surface area (Å²) in [7, 11) is 0. The molecule has 1 aliphatic rings. The van der Waals surface area contributed by atoms with Crippen molar-refractivity contribution >= 4 is 17.8 Å². The molecule has 0 aromatic carbocycles. The Morgan fingerprint density at radius 3 is 2.70 bits per heavy atom. The molecule has 0 saturated heterocycles. The van der Waals surface area contributed by atoms with Gasteiger partial charge < -0.3 is 15.7 Å². The zero-order valence-corrected chi connectivity index (χ0v) is 13.9. The summed E-state index contributed by atoms with van der Waals surface area (Å²) >= 11 is 1.96. The summed E-state index contributed by atoms with van der Waals surface area (Å²) in [4.78, 5) is 12.0. The van der Waals surface area contributed by atoms with Crippen LogP contribution in [-0.4, -0.2) is 41.3 Å². The third-order valence-electron chi connectivity index (χ3n) is 3.92. The van der Waals surface area contributed by atoms with Gasteiger partial charge in [-0.05, 0) is 30.4 Å². The number of aliphatic hydroxyl groups excluding tert-OH is 1. The van der Waals surface area contributed by atoms with E-state index < -0.39 is 0 Å². The fourth-order valence-electron chi connectivity index (χ4n) is 2.61. The summed E-state index contributed by atoms with van der Waals surface area (Å²) in [5.41, 5.74) is -0.0593. The van der Waals surface area contributed by atoms with Crippen LogP contribution in [0.25, 0.3) is 0 Å². The normalized spacial score (nSPS) is 23.4. The number of nitrogens with one attached hydrogen (secondary N) is 2. The molecule has 0 spiro atoms. The van der Waals surface area contributed by atoms with Crippen molar-refractivity contribution < 1.29 is 9.90 Å². The first-order valence-corrected chi connectivity index (χ1v) is 8.80. The second kappa shape index (κ2) is 8.78. The topological polar surface area (TPSA) is 61.4 Å². The predicted molar refractivity (Wildman–Crippen MR) is 86.2 cm³/mol. The van der Waals surface area contributed by atoms with Gasteiger partial charge in [-0.25, -0.2) is 4.79 Å². The number of carbonyl (C=O) groups is 1. The number of thioether (sulfide) groups is 1. The summed E-state index contributed by atoms with van der Waals surface area (Å²) in [5, 5.41) is 15.6. The molecule has 0 heterocycles. The number of rotatable bonds is 7. The Balaban J connectivity index is 2.36. The number of urea groups is 1. The fraction of sp³-hybridized carbons (Fsp3) is 0.933. The molecule has 3 N–H and O–H groups in total. The van der Waals surface area contributed by atoms with Crippen LogP contribution in [0.3, 0.4) is 0 Å². The minimum Gasteiger partial charge on any atom is -0.396 e. The van der Waals surface area contributed by atoms with Crippen molar-refractivity contribution in [3.05, 3.63) is 0 Å². The monoisotopic (exact) mass is 302 g/mol. The van der Waals surface area contributed by atoms with Gasteiger partial charge in [0.15, 0.2) is 0 Å². The molecule has 0 aliphatic heterocycles. The molecule has 1 fully saturated rings. The Morgan fingerprint density at radius 1 is 1.35 bits per heavy atom. The van der Waals surface area contributed by atoms with Crippen LogP contribution in [0.4, 0.5) is 4.79 Å². The molecule has 0 bridgehead atoms. The average Bonchev–Trinajstić information content (AvgIpc) is 2.39. The molecular weight excluding hydrogens is 272 g/mol. The molecule has 118 valence electrons. The van der Waals surface area contributed by atoms with Gasteiger partial charge in [0, 0.05) is 24.4 Å². The average molecular weight is 302 g/mol. The molecule has 20 heavy (non-hydrogen) atoms. The number of hydrogen-bond donors (Lipinski definition) is 3. The van der Waals surface area contributed by atoms with Crippen LogP contribution in [0.1, 0.15) is 52.9 Å². The van der Waals surface area contributed by atoms with Crippen LogP contribution >= 0.6 is 11.8 Å². The lowest BCUT2D eigenvalue weighted by atomic mass is 9.90. The van der Waals surface area contributed by atoms with Crippen molar-refractivity contribution in [2.75, 3.05) is 18.9 Å². The van der Waals surface area contributed by atoms with Gasteiger partial charge in [-0.1, -0.05) is 33.6 Å². The van der Waals surface area contributed by atoms with E-state index in [2.05, 4.69) is 31.4 Å². The molecule has 1 rings (SSSR count). The lowest BCUT2D eigenvalue weighted by Crippen LogP contribution is -2.49. The van der Waals surface area contributed by atoms with E-state index in [0.717, 1.165) is 12.2 Å². The molecule has 0 aromatic rings. The second-order valence-corrected chi connectivity index (χ2v) is 7.87. The summed E-state index contributed by atoms with van der Waals surface area (Å²) in [6.45, 7) is 7.04. The quantitative estimate of drug-likeness (QED) is 0.677. The van der Waals surface area contributed by atoms with E-state index in [9.17, 15) is 4.79 Å². The van der Waals surface area contributed by atoms with Crippen LogP contribution < -0.4 is 10.6 Å². The van der Waals surface area contributed by atoms with Gasteiger partial charge >= 0.3 is 6.03 Å². The predicted octanol–water partition coefficient (Wildman–Crippen LogP) is 2.76. The van der Waals surface area contributed by atoms with Crippen LogP contribution in [0.5, 0.6) is 0 Å². The Labute approximate surface area is 127 Å². The lowest BCUT2D eigenvalue weighted by Gasteiger charge is -2.32. The highest BCUT2D eigenvalue weighted by Crippen LogP contribution is 2.28. The van der Waals surface area contributed by atoms with E-state index in [-0.39, 0.29) is 18.1 Å². The van der Waals surface area contributed by atoms with Crippen molar-refractivity contribution in [2.45, 2.75) is 64.2 Å². The first kappa shape index (κ1) is 17.6. The van der Waals surface area contributed by atoms with E-state index in [1.165, 1.54) is 19.3 Å². The maximum atomic E-state index is 12.0. The van der Waals surface area contributed by atoms with Crippen molar-refractivity contribution in [1.82, 2.24) is 10.6 Å². The van der Waals surface area contributed by atoms with Crippen LogP contribution in [0.15, 0.2) is 0 Å². The first-order chi connectivity index (χ1) is 9.48. The highest BCUT2D eigenvalue weighted by atomic mass is 32.2. The van der Waals surface area contributed by atoms with Crippen molar-refractivity contribution in [2.24, 2.45) is 5.41 Å². The van der Waals surface area contributed by atoms with E-state index in [1.807, 2.05) is 11.8 Å². The van der Waals surface area contributed by atoms with E-state index in [1.54, 1.807) is 0 Å². The molecule has 4 nitrogen and oxygen atoms in total. The highest BCUT2D eigenvalue weighted by molar-refractivity contribution is 7.99. The van der Waals surface area contributed by atoms with Gasteiger partial charge in [0.1, 0.15) is 0 Å². The third kappa shape index (κ3) is 6.35. The third-order valence-corrected chi connectivity index (χ3v) is 5.24. The SMILES string of the molecule is CCSC1CCCCC1NC(=O)NCC(C)(C)CCO. The maximum Gasteiger partial charge on any atom is 0.315 e. The second-order valence-electron chi connectivity index (χ2n) is 6.35. The first-order valence-electron chi connectivity index (χ1n) is 7.75. The van der Waals surface area contributed by atoms with Gasteiger partial charge in [-0.15, -0.1) is 0 Å². The molecule has 5 heteroatoms. The van der Waals surface area contributed by atoms with Crippen LogP contribution in [-0.2, 0) is 0 Å². The van der Waals surface area contributed by atoms with Gasteiger partial charge in [0.2, 0.25) is 0 Å². The molecule has 2 atom stereocenters. The van der Waals surface area contributed by atoms with Crippen molar-refractivity contribution in [3.63, 3.8) is 0 Å². The number of amides is 2. The molecule has 2 unspecified atom stereocenters. The van der Waals surface area contributed by atoms with Crippen molar-refractivity contribution in [1.29, 1.82) is 0 Å². The molecule has 1 saturated carbocycles. The summed E-state index contributed by atoms with van der Waals surface area (Å²) in [5.74, 6) is 1.11. The summed E-state index contributed by atoms with van der Waals surface area (Å²) < 4.78 is 0. The van der Waals surface area contributed by atoms with Gasteiger partial charge in [-0.2, -0.15) is 11.8 Å². The van der Waals surface area contributed by atoms with Gasteiger partial charge in [-0.3, -0.25) is 0 Å². The Bertz CT molecular complexity index is 296. The molecule has 2 amide bonds. The van der Waals surface area contributed by atoms with Gasteiger partial charge in [0.05, 0.1) is 0 Å². The number of aliphatic hydroxyl groups is 1. The zero-order valence-electron chi connectivity index (χ0n) is 13.1. The van der Waals surface area contributed by atoms with E-state index in [4.69, 9.17) is 5.11 Å². The van der Waals surface area contributed by atoms with Crippen LogP contribution in [0, 0.1) is 5.41 Å². The fourth-order valence-corrected chi connectivity index (χ4v) is 3.80. The number of carbonyl (C=O) groups excluding carboxylic acids is 1. The molecule has 1 aliphatic carbocycles. The van der Waals surface area contributed by atoms with Crippen molar-refractivity contribution in [3.8, 4) is 0 Å². The maximum absolute atomic E-state index is 12.0. The summed E-state index contributed by atoms with van der Waals surface area (Å²) in [6.07, 6.45) is 5.48. The smallest absolute Gasteiger partial charge is 0.315 e. The Hall–Kier alpha value is -0.420. The number of hydrogen-bond acceptors (Lipinski definition) is 3. The zero-order chi connectivity index (χ0) is 15.0. The molecule has 0 aromatic heterocycles. The molecule has 0 radical (unpaired) electrons. The van der Waals surface area contributed by atoms with Crippen LogP contribution in [0.2, 0.25) is 0 Å². The van der Waals surface area contributed by atoms with E-state index >= 15 is 0 Å². The highest BCUT2D eigenvalue weighted by Gasteiger charge is 2.27. The largest absolute Gasteiger partial charge is 0.396 e. The minimum atomic E-state index is -0.0652. The Morgan fingerprint density at radius 2 is 2.05 bits per heavy atom. The Kier molecular flexibility index (Phi) is 7.74. The van der Waals surface area contributed by atoms with E-state index in [0.29, 0.717) is 24.3 Å². The molecular formula is C15H30N2O2S. The van der Waals surface area contributed by atoms with Gasteiger partial charge in [0.25, 0.3) is 0 Å².